The molecule has 0 aliphatic heterocycles. The average molecular weight is 213 g/mol. The van der Waals surface area contributed by atoms with Gasteiger partial charge in [0.2, 0.25) is 10.0 Å². The van der Waals surface area contributed by atoms with E-state index < -0.39 is 10.0 Å². The topological polar surface area (TPSA) is 70.0 Å². The molecule has 0 aromatic heterocycles. The lowest BCUT2D eigenvalue weighted by Gasteiger charge is -2.04. The summed E-state index contributed by atoms with van der Waals surface area (Å²) in [5.74, 6) is 0. The van der Waals surface area contributed by atoms with Gasteiger partial charge in [-0.3, -0.25) is 10.5 Å². The predicted molar refractivity (Wildman–Crippen MR) is 56.6 cm³/mol. The molecule has 0 atom stereocenters. The number of rotatable bonds is 4. The lowest BCUT2D eigenvalue weighted by molar-refractivity contribution is 0.607. The highest BCUT2D eigenvalue weighted by Crippen LogP contribution is 2.10. The first-order chi connectivity index (χ1) is 6.51. The van der Waals surface area contributed by atoms with Crippen LogP contribution in [-0.4, -0.2) is 21.2 Å². The van der Waals surface area contributed by atoms with Crippen molar-refractivity contribution >= 4 is 15.7 Å². The van der Waals surface area contributed by atoms with E-state index in [0.29, 0.717) is 18.7 Å². The van der Waals surface area contributed by atoms with Crippen LogP contribution in [0.2, 0.25) is 0 Å². The van der Waals surface area contributed by atoms with Crippen molar-refractivity contribution in [2.75, 3.05) is 17.5 Å². The van der Waals surface area contributed by atoms with Gasteiger partial charge in [-0.05, 0) is 24.1 Å². The maximum absolute atomic E-state index is 10.9. The fourth-order valence-electron chi connectivity index (χ4n) is 1.10. The van der Waals surface area contributed by atoms with Crippen LogP contribution < -0.4 is 10.5 Å². The van der Waals surface area contributed by atoms with Crippen LogP contribution in [0.5, 0.6) is 0 Å². The molecule has 0 saturated carbocycles. The molecule has 14 heavy (non-hydrogen) atoms. The first kappa shape index (κ1) is 11.0. The molecule has 0 heterocycles. The fourth-order valence-corrected chi connectivity index (χ4v) is 1.66. The highest BCUT2D eigenvalue weighted by Gasteiger charge is 2.00. The number of nitrogens with one attached hydrogen (secondary N) is 2. The number of anilines is 1. The maximum atomic E-state index is 10.9. The zero-order valence-electron chi connectivity index (χ0n) is 7.95. The lowest BCUT2D eigenvalue weighted by atomic mass is 10.1. The predicted octanol–water partition coefficient (Wildman–Crippen LogP) is 0.883. The first-order valence-electron chi connectivity index (χ1n) is 4.22. The molecule has 1 aromatic rings. The fraction of sp³-hybridized carbons (Fsp3) is 0.333. The highest BCUT2D eigenvalue weighted by molar-refractivity contribution is 7.92. The molecule has 0 unspecified atom stereocenters. The summed E-state index contributed by atoms with van der Waals surface area (Å²) in [6.45, 7) is 0.346. The minimum Gasteiger partial charge on any atom is -0.284 e. The summed E-state index contributed by atoms with van der Waals surface area (Å²) < 4.78 is 24.1. The Hall–Kier alpha value is -1.07. The van der Waals surface area contributed by atoms with Crippen LogP contribution in [0, 0.1) is 0 Å². The van der Waals surface area contributed by atoms with Gasteiger partial charge in [-0.2, -0.15) is 0 Å². The van der Waals surface area contributed by atoms with Crippen molar-refractivity contribution in [2.45, 2.75) is 6.42 Å². The summed E-state index contributed by atoms with van der Waals surface area (Å²) in [5.41, 5.74) is 8.62. The van der Waals surface area contributed by atoms with Gasteiger partial charge in [-0.1, -0.05) is 12.1 Å². The zero-order valence-corrected chi connectivity index (χ0v) is 8.76. The summed E-state index contributed by atoms with van der Waals surface area (Å²) in [5, 5.41) is 0. The summed E-state index contributed by atoms with van der Waals surface area (Å²) in [4.78, 5) is 0. The van der Waals surface area contributed by atoms with E-state index in [1.165, 1.54) is 0 Å². The number of hydrogen-bond donors (Lipinski definition) is 1. The Morgan fingerprint density at radius 3 is 2.29 bits per heavy atom. The van der Waals surface area contributed by atoms with Crippen molar-refractivity contribution in [3.63, 3.8) is 0 Å². The van der Waals surface area contributed by atoms with Crippen molar-refractivity contribution in [2.24, 2.45) is 0 Å². The van der Waals surface area contributed by atoms with Gasteiger partial charge in [-0.25, -0.2) is 8.42 Å². The molecule has 77 valence electrons. The molecule has 5 heteroatoms. The van der Waals surface area contributed by atoms with Crippen molar-refractivity contribution in [1.29, 1.82) is 0 Å². The van der Waals surface area contributed by atoms with Gasteiger partial charge in [0.05, 0.1) is 6.26 Å². The smallest absolute Gasteiger partial charge is 0.229 e. The van der Waals surface area contributed by atoms with E-state index in [9.17, 15) is 8.42 Å². The number of benzene rings is 1. The standard InChI is InChI=1S/C9H13N2O2S/c1-14(12,13)11-9-4-2-8(3-5-9)6-7-10/h2-5,10-11H,6-7H2,1H3. The monoisotopic (exact) mass is 213 g/mol. The SMILES string of the molecule is CS(=O)(=O)Nc1ccc(CC[NH])cc1. The minimum atomic E-state index is -3.19. The third-order valence-electron chi connectivity index (χ3n) is 1.67. The van der Waals surface area contributed by atoms with E-state index in [0.717, 1.165) is 11.8 Å². The molecule has 1 rings (SSSR count). The van der Waals surface area contributed by atoms with Crippen LogP contribution in [0.15, 0.2) is 24.3 Å². The number of hydrogen-bond acceptors (Lipinski definition) is 2. The van der Waals surface area contributed by atoms with Gasteiger partial charge in [-0.15, -0.1) is 0 Å². The van der Waals surface area contributed by atoms with E-state index in [-0.39, 0.29) is 0 Å². The van der Waals surface area contributed by atoms with Crippen LogP contribution in [0.3, 0.4) is 0 Å². The van der Waals surface area contributed by atoms with Crippen LogP contribution in [0.1, 0.15) is 5.56 Å². The lowest BCUT2D eigenvalue weighted by Crippen LogP contribution is -2.09. The largest absolute Gasteiger partial charge is 0.284 e. The Morgan fingerprint density at radius 2 is 1.86 bits per heavy atom. The van der Waals surface area contributed by atoms with Crippen LogP contribution in [0.4, 0.5) is 5.69 Å². The van der Waals surface area contributed by atoms with Gasteiger partial charge >= 0.3 is 0 Å². The Bertz CT molecular complexity index is 384. The van der Waals surface area contributed by atoms with E-state index in [2.05, 4.69) is 4.72 Å². The summed E-state index contributed by atoms with van der Waals surface area (Å²) in [6.07, 6.45) is 1.81. The first-order valence-corrected chi connectivity index (χ1v) is 6.12. The maximum Gasteiger partial charge on any atom is 0.229 e. The van der Waals surface area contributed by atoms with Gasteiger partial charge in [0.15, 0.2) is 0 Å². The molecule has 0 amide bonds. The van der Waals surface area contributed by atoms with Gasteiger partial charge in [0, 0.05) is 12.2 Å². The molecule has 0 saturated heterocycles. The molecule has 0 spiro atoms. The normalized spacial score (nSPS) is 11.3. The molecule has 1 aromatic carbocycles. The van der Waals surface area contributed by atoms with Crippen LogP contribution >= 0.6 is 0 Å². The molecular weight excluding hydrogens is 200 g/mol. The zero-order chi connectivity index (χ0) is 10.6. The van der Waals surface area contributed by atoms with Crippen molar-refractivity contribution in [3.8, 4) is 0 Å². The second kappa shape index (κ2) is 4.43. The molecule has 0 fully saturated rings. The molecule has 4 nitrogen and oxygen atoms in total. The molecular formula is C9H13N2O2S. The van der Waals surface area contributed by atoms with Gasteiger partial charge in [0.1, 0.15) is 0 Å². The van der Waals surface area contributed by atoms with Crippen LogP contribution in [0.25, 0.3) is 0 Å². The van der Waals surface area contributed by atoms with E-state index in [4.69, 9.17) is 5.73 Å². The van der Waals surface area contributed by atoms with Crippen molar-refractivity contribution < 1.29 is 8.42 Å². The summed E-state index contributed by atoms with van der Waals surface area (Å²) >= 11 is 0. The second-order valence-electron chi connectivity index (χ2n) is 3.07. The van der Waals surface area contributed by atoms with Gasteiger partial charge in [0.25, 0.3) is 0 Å². The Labute approximate surface area is 84.2 Å². The third kappa shape index (κ3) is 3.76. The molecule has 0 aliphatic rings. The highest BCUT2D eigenvalue weighted by atomic mass is 32.2. The molecule has 2 N–H and O–H groups in total. The molecule has 0 bridgehead atoms. The third-order valence-corrected chi connectivity index (χ3v) is 2.28. The second-order valence-corrected chi connectivity index (χ2v) is 4.82. The molecule has 1 radical (unpaired) electrons. The Kier molecular flexibility index (Phi) is 3.49. The molecule has 0 aliphatic carbocycles. The van der Waals surface area contributed by atoms with E-state index >= 15 is 0 Å². The Balaban J connectivity index is 2.74. The van der Waals surface area contributed by atoms with E-state index in [1.54, 1.807) is 12.1 Å². The quantitative estimate of drug-likeness (QED) is 0.806. The summed E-state index contributed by atoms with van der Waals surface area (Å²) in [6, 6.07) is 7.04. The minimum absolute atomic E-state index is 0.346. The van der Waals surface area contributed by atoms with E-state index in [1.807, 2.05) is 12.1 Å². The number of sulfonamides is 1. The van der Waals surface area contributed by atoms with Gasteiger partial charge < -0.3 is 0 Å². The Morgan fingerprint density at radius 1 is 1.29 bits per heavy atom. The van der Waals surface area contributed by atoms with Crippen LogP contribution in [-0.2, 0) is 16.4 Å². The van der Waals surface area contributed by atoms with Crippen molar-refractivity contribution in [1.82, 2.24) is 5.73 Å². The van der Waals surface area contributed by atoms with Crippen molar-refractivity contribution in [3.05, 3.63) is 29.8 Å². The average Bonchev–Trinajstić information content (AvgIpc) is 2.06. The summed E-state index contributed by atoms with van der Waals surface area (Å²) in [7, 11) is -3.19.